The van der Waals surface area contributed by atoms with Crippen molar-refractivity contribution in [2.24, 2.45) is 10.9 Å². The maximum absolute atomic E-state index is 5.63. The highest BCUT2D eigenvalue weighted by Crippen LogP contribution is 2.28. The summed E-state index contributed by atoms with van der Waals surface area (Å²) >= 11 is 0. The zero-order valence-corrected chi connectivity index (χ0v) is 13.6. The molecule has 6 nitrogen and oxygen atoms in total. The van der Waals surface area contributed by atoms with Crippen molar-refractivity contribution in [1.29, 1.82) is 0 Å². The highest BCUT2D eigenvalue weighted by atomic mass is 16.5. The Morgan fingerprint density at radius 2 is 2.27 bits per heavy atom. The molecule has 0 aromatic carbocycles. The van der Waals surface area contributed by atoms with E-state index in [-0.39, 0.29) is 0 Å². The summed E-state index contributed by atoms with van der Waals surface area (Å²) in [7, 11) is 0. The predicted octanol–water partition coefficient (Wildman–Crippen LogP) is 1.64. The number of aromatic nitrogens is 2. The minimum Gasteiger partial charge on any atom is -0.381 e. The molecule has 0 atom stereocenters. The molecule has 2 N–H and O–H groups in total. The first kappa shape index (κ1) is 16.8. The third-order valence-electron chi connectivity index (χ3n) is 3.56. The Morgan fingerprint density at radius 1 is 1.36 bits per heavy atom. The standard InChI is InChI=1S/C16H29N5O/c1-2-18-16(19-7-3-10-21-11-9-17-14-21)20-8-4-12-22-13-15-5-6-15/h9,11,14-15H,2-8,10,12-13H2,1H3,(H2,18,19,20). The van der Waals surface area contributed by atoms with Crippen molar-refractivity contribution in [2.75, 3.05) is 32.8 Å². The first-order valence-corrected chi connectivity index (χ1v) is 8.44. The largest absolute Gasteiger partial charge is 0.381 e. The number of rotatable bonds is 11. The Morgan fingerprint density at radius 3 is 3.00 bits per heavy atom. The summed E-state index contributed by atoms with van der Waals surface area (Å²) in [5.41, 5.74) is 0. The third kappa shape index (κ3) is 7.45. The second-order valence-electron chi connectivity index (χ2n) is 5.71. The number of aliphatic imine (C=N–C) groups is 1. The number of guanidine groups is 1. The van der Waals surface area contributed by atoms with Crippen molar-refractivity contribution >= 4 is 5.96 Å². The van der Waals surface area contributed by atoms with Crippen molar-refractivity contribution in [3.63, 3.8) is 0 Å². The summed E-state index contributed by atoms with van der Waals surface area (Å²) in [4.78, 5) is 8.62. The lowest BCUT2D eigenvalue weighted by Gasteiger charge is -2.11. The average molecular weight is 307 g/mol. The minimum absolute atomic E-state index is 0.811. The fourth-order valence-corrected chi connectivity index (χ4v) is 2.12. The third-order valence-corrected chi connectivity index (χ3v) is 3.56. The van der Waals surface area contributed by atoms with Crippen LogP contribution in [0.2, 0.25) is 0 Å². The fourth-order valence-electron chi connectivity index (χ4n) is 2.12. The summed E-state index contributed by atoms with van der Waals surface area (Å²) in [6.45, 7) is 7.42. The molecule has 0 spiro atoms. The van der Waals surface area contributed by atoms with Crippen LogP contribution in [0.15, 0.2) is 23.7 Å². The van der Waals surface area contributed by atoms with Gasteiger partial charge < -0.3 is 19.9 Å². The number of nitrogens with one attached hydrogen (secondary N) is 2. The smallest absolute Gasteiger partial charge is 0.191 e. The number of imidazole rings is 1. The zero-order valence-electron chi connectivity index (χ0n) is 13.6. The Bertz CT molecular complexity index is 414. The summed E-state index contributed by atoms with van der Waals surface area (Å²) in [5, 5.41) is 6.63. The highest BCUT2D eigenvalue weighted by Gasteiger charge is 2.20. The van der Waals surface area contributed by atoms with Crippen molar-refractivity contribution in [1.82, 2.24) is 20.2 Å². The number of hydrogen-bond donors (Lipinski definition) is 2. The second-order valence-corrected chi connectivity index (χ2v) is 5.71. The van der Waals surface area contributed by atoms with E-state index >= 15 is 0 Å². The van der Waals surface area contributed by atoms with Gasteiger partial charge in [-0.05, 0) is 38.5 Å². The van der Waals surface area contributed by atoms with E-state index < -0.39 is 0 Å². The first-order chi connectivity index (χ1) is 10.9. The molecule has 1 aromatic rings. The van der Waals surface area contributed by atoms with Gasteiger partial charge in [-0.2, -0.15) is 0 Å². The van der Waals surface area contributed by atoms with E-state index in [2.05, 4.69) is 32.1 Å². The van der Waals surface area contributed by atoms with E-state index in [1.165, 1.54) is 12.8 Å². The lowest BCUT2D eigenvalue weighted by molar-refractivity contribution is 0.123. The Kier molecular flexibility index (Phi) is 7.80. The molecule has 22 heavy (non-hydrogen) atoms. The van der Waals surface area contributed by atoms with Crippen LogP contribution in [0.25, 0.3) is 0 Å². The molecular weight excluding hydrogens is 278 g/mol. The quantitative estimate of drug-likeness (QED) is 0.371. The lowest BCUT2D eigenvalue weighted by Crippen LogP contribution is -2.38. The number of ether oxygens (including phenoxy) is 1. The zero-order chi connectivity index (χ0) is 15.5. The van der Waals surface area contributed by atoms with Gasteiger partial charge in [-0.1, -0.05) is 0 Å². The molecule has 2 rings (SSSR count). The summed E-state index contributed by atoms with van der Waals surface area (Å²) in [6, 6.07) is 0. The Balaban J connectivity index is 1.52. The minimum atomic E-state index is 0.811. The van der Waals surface area contributed by atoms with Gasteiger partial charge in [-0.3, -0.25) is 4.99 Å². The van der Waals surface area contributed by atoms with Crippen LogP contribution in [0.5, 0.6) is 0 Å². The van der Waals surface area contributed by atoms with Crippen molar-refractivity contribution in [2.45, 2.75) is 39.2 Å². The van der Waals surface area contributed by atoms with Crippen LogP contribution >= 0.6 is 0 Å². The van der Waals surface area contributed by atoms with Gasteiger partial charge in [0.25, 0.3) is 0 Å². The molecule has 124 valence electrons. The van der Waals surface area contributed by atoms with E-state index in [1.54, 1.807) is 6.20 Å². The molecule has 1 heterocycles. The van der Waals surface area contributed by atoms with Crippen LogP contribution in [-0.2, 0) is 11.3 Å². The molecule has 1 aliphatic rings. The molecule has 0 unspecified atom stereocenters. The molecule has 1 aromatic heterocycles. The molecule has 6 heteroatoms. The van der Waals surface area contributed by atoms with Gasteiger partial charge in [0.05, 0.1) is 6.33 Å². The summed E-state index contributed by atoms with van der Waals surface area (Å²) in [6.07, 6.45) is 10.4. The molecule has 0 radical (unpaired) electrons. The Labute approximate surface area is 133 Å². The first-order valence-electron chi connectivity index (χ1n) is 8.44. The number of nitrogens with zero attached hydrogens (tertiary/aromatic N) is 3. The van der Waals surface area contributed by atoms with E-state index in [1.807, 2.05) is 12.5 Å². The van der Waals surface area contributed by atoms with Crippen LogP contribution < -0.4 is 10.6 Å². The molecule has 1 saturated carbocycles. The van der Waals surface area contributed by atoms with E-state index in [0.29, 0.717) is 0 Å². The molecular formula is C16H29N5O. The van der Waals surface area contributed by atoms with Crippen molar-refractivity contribution in [3.05, 3.63) is 18.7 Å². The van der Waals surface area contributed by atoms with Gasteiger partial charge in [0, 0.05) is 51.8 Å². The average Bonchev–Trinajstić information content (AvgIpc) is 3.20. The molecule has 0 bridgehead atoms. The maximum Gasteiger partial charge on any atom is 0.191 e. The summed E-state index contributed by atoms with van der Waals surface area (Å²) < 4.78 is 7.71. The van der Waals surface area contributed by atoms with Crippen LogP contribution in [-0.4, -0.2) is 48.4 Å². The van der Waals surface area contributed by atoms with E-state index in [9.17, 15) is 0 Å². The topological polar surface area (TPSA) is 63.5 Å². The van der Waals surface area contributed by atoms with Crippen molar-refractivity contribution < 1.29 is 4.74 Å². The second kappa shape index (κ2) is 10.2. The normalized spacial score (nSPS) is 15.0. The van der Waals surface area contributed by atoms with Gasteiger partial charge in [-0.25, -0.2) is 4.98 Å². The highest BCUT2D eigenvalue weighted by molar-refractivity contribution is 5.79. The maximum atomic E-state index is 5.63. The van der Waals surface area contributed by atoms with Crippen LogP contribution in [0.1, 0.15) is 32.6 Å². The molecule has 0 aliphatic heterocycles. The summed E-state index contributed by atoms with van der Waals surface area (Å²) in [5.74, 6) is 1.75. The molecule has 0 amide bonds. The fraction of sp³-hybridized carbons (Fsp3) is 0.750. The van der Waals surface area contributed by atoms with Crippen molar-refractivity contribution in [3.8, 4) is 0 Å². The number of hydrogen-bond acceptors (Lipinski definition) is 3. The molecule has 0 saturated heterocycles. The van der Waals surface area contributed by atoms with E-state index in [4.69, 9.17) is 4.74 Å². The predicted molar refractivity (Wildman–Crippen MR) is 89.0 cm³/mol. The van der Waals surface area contributed by atoms with E-state index in [0.717, 1.165) is 64.1 Å². The SMILES string of the molecule is CCNC(=NCCCn1ccnc1)NCCCOCC1CC1. The van der Waals surface area contributed by atoms with Gasteiger partial charge in [-0.15, -0.1) is 0 Å². The molecule has 1 fully saturated rings. The van der Waals surface area contributed by atoms with Gasteiger partial charge >= 0.3 is 0 Å². The Hall–Kier alpha value is -1.56. The van der Waals surface area contributed by atoms with Crippen LogP contribution in [0.4, 0.5) is 0 Å². The van der Waals surface area contributed by atoms with Gasteiger partial charge in [0.2, 0.25) is 0 Å². The van der Waals surface area contributed by atoms with Gasteiger partial charge in [0.1, 0.15) is 0 Å². The molecule has 1 aliphatic carbocycles. The van der Waals surface area contributed by atoms with Crippen LogP contribution in [0, 0.1) is 5.92 Å². The lowest BCUT2D eigenvalue weighted by atomic mass is 10.4. The monoisotopic (exact) mass is 307 g/mol. The number of aryl methyl sites for hydroxylation is 1. The van der Waals surface area contributed by atoms with Gasteiger partial charge in [0.15, 0.2) is 5.96 Å². The van der Waals surface area contributed by atoms with Crippen LogP contribution in [0.3, 0.4) is 0 Å².